The number of urea groups is 1. The van der Waals surface area contributed by atoms with E-state index in [1.165, 1.54) is 4.90 Å². The lowest BCUT2D eigenvalue weighted by Gasteiger charge is -2.45. The number of carboxylic acids is 1. The molecular weight excluding hydrogens is 260 g/mol. The van der Waals surface area contributed by atoms with Crippen LogP contribution in [0.2, 0.25) is 0 Å². The number of morpholine rings is 1. The summed E-state index contributed by atoms with van der Waals surface area (Å²) in [6.45, 7) is 2.89. The zero-order valence-electron chi connectivity index (χ0n) is 12.2. The number of rotatable bonds is 3. The Morgan fingerprint density at radius 1 is 1.40 bits per heavy atom. The number of hydrogen-bond acceptors (Lipinski definition) is 3. The third-order valence-electron chi connectivity index (χ3n) is 4.42. The summed E-state index contributed by atoms with van der Waals surface area (Å²) in [7, 11) is 1.58. The fourth-order valence-corrected chi connectivity index (χ4v) is 3.28. The maximum atomic E-state index is 12.6. The Kier molecular flexibility index (Phi) is 4.86. The molecule has 1 heterocycles. The standard InChI is InChI=1S/C14H24N2O4/c1-3-10(13(17)18)15(2)14(19)16-8-9-20-12-7-5-4-6-11(12)16/h10-12H,3-9H2,1-2H3,(H,17,18). The number of carbonyl (C=O) groups excluding carboxylic acids is 1. The van der Waals surface area contributed by atoms with Gasteiger partial charge in [-0.25, -0.2) is 9.59 Å². The Labute approximate surface area is 119 Å². The lowest BCUT2D eigenvalue weighted by atomic mass is 9.90. The predicted octanol–water partition coefficient (Wildman–Crippen LogP) is 1.54. The van der Waals surface area contributed by atoms with Gasteiger partial charge in [0.1, 0.15) is 6.04 Å². The van der Waals surface area contributed by atoms with E-state index in [2.05, 4.69) is 0 Å². The van der Waals surface area contributed by atoms with E-state index in [-0.39, 0.29) is 18.2 Å². The zero-order chi connectivity index (χ0) is 14.7. The average Bonchev–Trinajstić information content (AvgIpc) is 2.46. The van der Waals surface area contributed by atoms with Crippen molar-refractivity contribution >= 4 is 12.0 Å². The summed E-state index contributed by atoms with van der Waals surface area (Å²) in [5, 5.41) is 9.19. The highest BCUT2D eigenvalue weighted by Crippen LogP contribution is 2.29. The first-order valence-electron chi connectivity index (χ1n) is 7.44. The summed E-state index contributed by atoms with van der Waals surface area (Å²) in [5.74, 6) is -0.947. The van der Waals surface area contributed by atoms with Gasteiger partial charge in [0.2, 0.25) is 0 Å². The summed E-state index contributed by atoms with van der Waals surface area (Å²) in [6.07, 6.45) is 4.73. The van der Waals surface area contributed by atoms with Gasteiger partial charge in [-0.05, 0) is 19.3 Å². The van der Waals surface area contributed by atoms with Gasteiger partial charge < -0.3 is 19.6 Å². The number of likely N-dealkylation sites (N-methyl/N-ethyl adjacent to an activating group) is 1. The van der Waals surface area contributed by atoms with Crippen molar-refractivity contribution in [2.24, 2.45) is 0 Å². The predicted molar refractivity (Wildman–Crippen MR) is 73.6 cm³/mol. The minimum Gasteiger partial charge on any atom is -0.480 e. The van der Waals surface area contributed by atoms with Crippen LogP contribution >= 0.6 is 0 Å². The maximum absolute atomic E-state index is 12.6. The van der Waals surface area contributed by atoms with E-state index in [9.17, 15) is 14.7 Å². The largest absolute Gasteiger partial charge is 0.480 e. The van der Waals surface area contributed by atoms with Gasteiger partial charge >= 0.3 is 12.0 Å². The summed E-state index contributed by atoms with van der Waals surface area (Å²) in [4.78, 5) is 27.0. The number of aliphatic carboxylic acids is 1. The number of nitrogens with zero attached hydrogens (tertiary/aromatic N) is 2. The van der Waals surface area contributed by atoms with Crippen molar-refractivity contribution in [2.75, 3.05) is 20.2 Å². The molecule has 3 atom stereocenters. The van der Waals surface area contributed by atoms with Crippen molar-refractivity contribution in [1.82, 2.24) is 9.80 Å². The SMILES string of the molecule is CCC(C(=O)O)N(C)C(=O)N1CCOC2CCCCC21. The number of hydrogen-bond donors (Lipinski definition) is 1. The fourth-order valence-electron chi connectivity index (χ4n) is 3.28. The average molecular weight is 284 g/mol. The van der Waals surface area contributed by atoms with Crippen molar-refractivity contribution in [1.29, 1.82) is 0 Å². The van der Waals surface area contributed by atoms with Crippen LogP contribution in [0.3, 0.4) is 0 Å². The first-order chi connectivity index (χ1) is 9.56. The maximum Gasteiger partial charge on any atom is 0.326 e. The number of fused-ring (bicyclic) bond motifs is 1. The van der Waals surface area contributed by atoms with Crippen molar-refractivity contribution < 1.29 is 19.4 Å². The number of carbonyl (C=O) groups is 2. The van der Waals surface area contributed by atoms with E-state index in [1.807, 2.05) is 4.90 Å². The Morgan fingerprint density at radius 3 is 2.75 bits per heavy atom. The van der Waals surface area contributed by atoms with Gasteiger partial charge in [0, 0.05) is 13.6 Å². The molecule has 20 heavy (non-hydrogen) atoms. The highest BCUT2D eigenvalue weighted by atomic mass is 16.5. The Morgan fingerprint density at radius 2 is 2.10 bits per heavy atom. The molecule has 2 fully saturated rings. The molecule has 0 aromatic carbocycles. The summed E-state index contributed by atoms with van der Waals surface area (Å²) < 4.78 is 5.75. The minimum absolute atomic E-state index is 0.110. The molecule has 1 saturated heterocycles. The van der Waals surface area contributed by atoms with Gasteiger partial charge in [-0.2, -0.15) is 0 Å². The molecule has 0 aromatic rings. The van der Waals surface area contributed by atoms with E-state index in [0.29, 0.717) is 19.6 Å². The first-order valence-corrected chi connectivity index (χ1v) is 7.44. The summed E-state index contributed by atoms with van der Waals surface area (Å²) >= 11 is 0. The minimum atomic E-state index is -0.947. The second kappa shape index (κ2) is 6.43. The smallest absolute Gasteiger partial charge is 0.326 e. The number of carboxylic acid groups (broad SMARTS) is 1. The van der Waals surface area contributed by atoms with Crippen molar-refractivity contribution in [2.45, 2.75) is 57.2 Å². The number of amides is 2. The van der Waals surface area contributed by atoms with Crippen LogP contribution in [0.5, 0.6) is 0 Å². The van der Waals surface area contributed by atoms with Gasteiger partial charge in [-0.1, -0.05) is 19.8 Å². The molecule has 1 saturated carbocycles. The van der Waals surface area contributed by atoms with E-state index >= 15 is 0 Å². The topological polar surface area (TPSA) is 70.1 Å². The summed E-state index contributed by atoms with van der Waals surface area (Å²) in [5.41, 5.74) is 0. The van der Waals surface area contributed by atoms with Gasteiger partial charge in [-0.3, -0.25) is 0 Å². The molecule has 2 rings (SSSR count). The molecule has 1 aliphatic heterocycles. The molecule has 0 aromatic heterocycles. The molecule has 114 valence electrons. The van der Waals surface area contributed by atoms with E-state index in [0.717, 1.165) is 25.7 Å². The van der Waals surface area contributed by atoms with Crippen LogP contribution in [-0.2, 0) is 9.53 Å². The molecule has 2 amide bonds. The lowest BCUT2D eigenvalue weighted by molar-refractivity contribution is -0.142. The Hall–Kier alpha value is -1.30. The first kappa shape index (κ1) is 15.1. The van der Waals surface area contributed by atoms with E-state index in [1.54, 1.807) is 14.0 Å². The lowest BCUT2D eigenvalue weighted by Crippen LogP contribution is -2.59. The van der Waals surface area contributed by atoms with Crippen LogP contribution in [0.15, 0.2) is 0 Å². The molecule has 0 radical (unpaired) electrons. The molecule has 3 unspecified atom stereocenters. The second-order valence-corrected chi connectivity index (χ2v) is 5.61. The van der Waals surface area contributed by atoms with E-state index < -0.39 is 12.0 Å². The van der Waals surface area contributed by atoms with Crippen LogP contribution in [0.1, 0.15) is 39.0 Å². The van der Waals surface area contributed by atoms with Gasteiger partial charge in [0.05, 0.1) is 18.8 Å². The fraction of sp³-hybridized carbons (Fsp3) is 0.857. The van der Waals surface area contributed by atoms with Crippen molar-refractivity contribution in [3.63, 3.8) is 0 Å². The monoisotopic (exact) mass is 284 g/mol. The molecular formula is C14H24N2O4. The molecule has 1 aliphatic carbocycles. The quantitative estimate of drug-likeness (QED) is 0.853. The third-order valence-corrected chi connectivity index (χ3v) is 4.42. The zero-order valence-corrected chi connectivity index (χ0v) is 12.2. The van der Waals surface area contributed by atoms with Crippen LogP contribution in [0.25, 0.3) is 0 Å². The molecule has 2 aliphatic rings. The Balaban J connectivity index is 2.08. The molecule has 6 heteroatoms. The Bertz CT molecular complexity index is 372. The third kappa shape index (κ3) is 2.90. The molecule has 6 nitrogen and oxygen atoms in total. The van der Waals surface area contributed by atoms with Gasteiger partial charge in [-0.15, -0.1) is 0 Å². The van der Waals surface area contributed by atoms with Crippen LogP contribution in [0, 0.1) is 0 Å². The van der Waals surface area contributed by atoms with Crippen LogP contribution in [-0.4, -0.2) is 65.3 Å². The highest BCUT2D eigenvalue weighted by Gasteiger charge is 2.39. The van der Waals surface area contributed by atoms with Crippen LogP contribution in [0.4, 0.5) is 4.79 Å². The molecule has 0 spiro atoms. The van der Waals surface area contributed by atoms with E-state index in [4.69, 9.17) is 4.74 Å². The normalized spacial score (nSPS) is 27.6. The van der Waals surface area contributed by atoms with Gasteiger partial charge in [0.15, 0.2) is 0 Å². The van der Waals surface area contributed by atoms with Crippen molar-refractivity contribution in [3.05, 3.63) is 0 Å². The number of ether oxygens (including phenoxy) is 1. The highest BCUT2D eigenvalue weighted by molar-refractivity contribution is 5.82. The molecule has 0 bridgehead atoms. The van der Waals surface area contributed by atoms with Crippen LogP contribution < -0.4 is 0 Å². The summed E-state index contributed by atoms with van der Waals surface area (Å²) in [6, 6.07) is -0.828. The second-order valence-electron chi connectivity index (χ2n) is 5.61. The molecule has 1 N–H and O–H groups in total. The van der Waals surface area contributed by atoms with Crippen molar-refractivity contribution in [3.8, 4) is 0 Å². The van der Waals surface area contributed by atoms with Gasteiger partial charge in [0.25, 0.3) is 0 Å².